The Labute approximate surface area is 127 Å². The summed E-state index contributed by atoms with van der Waals surface area (Å²) in [5.41, 5.74) is 2.16. The molecule has 1 aliphatic heterocycles. The molecule has 0 unspecified atom stereocenters. The third-order valence-corrected chi connectivity index (χ3v) is 3.91. The molecule has 1 saturated heterocycles. The first-order chi connectivity index (χ1) is 10.00. The van der Waals surface area contributed by atoms with Crippen LogP contribution in [0.2, 0.25) is 0 Å². The van der Waals surface area contributed by atoms with Crippen LogP contribution in [0, 0.1) is 23.1 Å². The molecule has 2 rings (SSSR count). The van der Waals surface area contributed by atoms with Crippen LogP contribution in [0.4, 0.5) is 4.39 Å². The Kier molecular flexibility index (Phi) is 5.39. The zero-order chi connectivity index (χ0) is 15.3. The molecular formula is C18H24FNO. The van der Waals surface area contributed by atoms with Gasteiger partial charge >= 0.3 is 0 Å². The third-order valence-electron chi connectivity index (χ3n) is 3.91. The summed E-state index contributed by atoms with van der Waals surface area (Å²) in [6.45, 7) is 7.60. The number of nitrogens with zero attached hydrogens (tertiary/aromatic N) is 1. The van der Waals surface area contributed by atoms with Crippen LogP contribution in [0.1, 0.15) is 44.2 Å². The minimum Gasteiger partial charge on any atom is -0.395 e. The maximum absolute atomic E-state index is 13.4. The largest absolute Gasteiger partial charge is 0.395 e. The van der Waals surface area contributed by atoms with Gasteiger partial charge in [-0.2, -0.15) is 0 Å². The molecule has 3 heteroatoms. The molecule has 114 valence electrons. The molecule has 0 spiro atoms. The average molecular weight is 289 g/mol. The van der Waals surface area contributed by atoms with Gasteiger partial charge in [0.2, 0.25) is 0 Å². The molecular weight excluding hydrogens is 265 g/mol. The monoisotopic (exact) mass is 289 g/mol. The Morgan fingerprint density at radius 3 is 2.90 bits per heavy atom. The Bertz CT molecular complexity index is 542. The Morgan fingerprint density at radius 1 is 1.38 bits per heavy atom. The van der Waals surface area contributed by atoms with Crippen molar-refractivity contribution < 1.29 is 9.50 Å². The summed E-state index contributed by atoms with van der Waals surface area (Å²) in [4.78, 5) is 2.42. The number of rotatable bonds is 3. The maximum Gasteiger partial charge on any atom is 0.124 e. The van der Waals surface area contributed by atoms with Crippen molar-refractivity contribution in [3.05, 3.63) is 35.1 Å². The molecule has 1 heterocycles. The Balaban J connectivity index is 2.14. The van der Waals surface area contributed by atoms with Crippen molar-refractivity contribution in [2.75, 3.05) is 19.7 Å². The summed E-state index contributed by atoms with van der Waals surface area (Å²) in [5, 5.41) is 8.80. The standard InChI is InChI=1S/C18H24FNO/c1-18(2)9-5-10-20(14-18)13-16-7-8-17(19)12-15(16)6-3-4-11-21/h7-8,12,21H,4-5,9-11,13-14H2,1-2H3. The van der Waals surface area contributed by atoms with Crippen LogP contribution in [0.5, 0.6) is 0 Å². The van der Waals surface area contributed by atoms with E-state index in [0.717, 1.165) is 30.8 Å². The van der Waals surface area contributed by atoms with Gasteiger partial charge in [-0.15, -0.1) is 0 Å². The molecule has 0 aliphatic carbocycles. The highest BCUT2D eigenvalue weighted by Crippen LogP contribution is 2.29. The van der Waals surface area contributed by atoms with Crippen molar-refractivity contribution in [2.45, 2.75) is 39.7 Å². The van der Waals surface area contributed by atoms with Gasteiger partial charge in [0.1, 0.15) is 5.82 Å². The number of hydrogen-bond acceptors (Lipinski definition) is 2. The van der Waals surface area contributed by atoms with Gasteiger partial charge in [0.25, 0.3) is 0 Å². The molecule has 1 fully saturated rings. The van der Waals surface area contributed by atoms with E-state index in [0.29, 0.717) is 11.8 Å². The number of hydrogen-bond donors (Lipinski definition) is 1. The highest BCUT2D eigenvalue weighted by molar-refractivity contribution is 5.41. The molecule has 0 radical (unpaired) electrons. The molecule has 0 amide bonds. The van der Waals surface area contributed by atoms with E-state index in [1.807, 2.05) is 6.07 Å². The highest BCUT2D eigenvalue weighted by atomic mass is 19.1. The first kappa shape index (κ1) is 16.0. The summed E-state index contributed by atoms with van der Waals surface area (Å²) in [5.74, 6) is 5.62. The van der Waals surface area contributed by atoms with Gasteiger partial charge in [-0.25, -0.2) is 4.39 Å². The SMILES string of the molecule is CC1(C)CCCN(Cc2ccc(F)cc2C#CCCO)C1. The lowest BCUT2D eigenvalue weighted by atomic mass is 9.84. The van der Waals surface area contributed by atoms with Gasteiger partial charge in [0.15, 0.2) is 0 Å². The fourth-order valence-corrected chi connectivity index (χ4v) is 2.94. The summed E-state index contributed by atoms with van der Waals surface area (Å²) in [6.07, 6.45) is 2.89. The Morgan fingerprint density at radius 2 is 2.19 bits per heavy atom. The molecule has 0 aromatic heterocycles. The van der Waals surface area contributed by atoms with Crippen molar-refractivity contribution in [3.8, 4) is 11.8 Å². The number of piperidine rings is 1. The van der Waals surface area contributed by atoms with Crippen LogP contribution < -0.4 is 0 Å². The van der Waals surface area contributed by atoms with Crippen molar-refractivity contribution in [3.63, 3.8) is 0 Å². The molecule has 0 bridgehead atoms. The summed E-state index contributed by atoms with van der Waals surface area (Å²) >= 11 is 0. The molecule has 21 heavy (non-hydrogen) atoms. The summed E-state index contributed by atoms with van der Waals surface area (Å²) in [7, 11) is 0. The third kappa shape index (κ3) is 4.84. The predicted octanol–water partition coefficient (Wildman–Crippen LogP) is 3.18. The lowest BCUT2D eigenvalue weighted by molar-refractivity contribution is 0.111. The van der Waals surface area contributed by atoms with Crippen LogP contribution >= 0.6 is 0 Å². The van der Waals surface area contributed by atoms with Gasteiger partial charge in [-0.05, 0) is 42.5 Å². The molecule has 1 aliphatic rings. The van der Waals surface area contributed by atoms with Crippen molar-refractivity contribution in [1.29, 1.82) is 0 Å². The van der Waals surface area contributed by atoms with Gasteiger partial charge in [0.05, 0.1) is 6.61 Å². The fraction of sp³-hybridized carbons (Fsp3) is 0.556. The van der Waals surface area contributed by atoms with E-state index in [9.17, 15) is 4.39 Å². The summed E-state index contributed by atoms with van der Waals surface area (Å²) in [6, 6.07) is 4.83. The number of aliphatic hydroxyl groups excluding tert-OH is 1. The van der Waals surface area contributed by atoms with Gasteiger partial charge in [0, 0.05) is 25.1 Å². The molecule has 1 aromatic carbocycles. The minimum absolute atomic E-state index is 0.0396. The van der Waals surface area contributed by atoms with Crippen LogP contribution in [-0.4, -0.2) is 29.7 Å². The van der Waals surface area contributed by atoms with E-state index < -0.39 is 0 Å². The molecule has 0 atom stereocenters. The number of likely N-dealkylation sites (tertiary alicyclic amines) is 1. The lowest BCUT2D eigenvalue weighted by Gasteiger charge is -2.38. The van der Waals surface area contributed by atoms with Gasteiger partial charge < -0.3 is 5.11 Å². The van der Waals surface area contributed by atoms with Crippen molar-refractivity contribution in [1.82, 2.24) is 4.90 Å². The normalized spacial score (nSPS) is 18.1. The van der Waals surface area contributed by atoms with Crippen LogP contribution in [0.15, 0.2) is 18.2 Å². The van der Waals surface area contributed by atoms with Crippen LogP contribution in [0.25, 0.3) is 0 Å². The second kappa shape index (κ2) is 7.06. The first-order valence-corrected chi connectivity index (χ1v) is 7.61. The maximum atomic E-state index is 13.4. The highest BCUT2D eigenvalue weighted by Gasteiger charge is 2.26. The smallest absolute Gasteiger partial charge is 0.124 e. The van der Waals surface area contributed by atoms with Gasteiger partial charge in [-0.3, -0.25) is 4.90 Å². The second-order valence-corrected chi connectivity index (χ2v) is 6.56. The van der Waals surface area contributed by atoms with Crippen LogP contribution in [-0.2, 0) is 6.54 Å². The Hall–Kier alpha value is -1.37. The lowest BCUT2D eigenvalue weighted by Crippen LogP contribution is -2.39. The fourth-order valence-electron chi connectivity index (χ4n) is 2.94. The second-order valence-electron chi connectivity index (χ2n) is 6.56. The molecule has 1 aromatic rings. The van der Waals surface area contributed by atoms with E-state index in [-0.39, 0.29) is 12.4 Å². The first-order valence-electron chi connectivity index (χ1n) is 7.61. The molecule has 1 N–H and O–H groups in total. The van der Waals surface area contributed by atoms with Gasteiger partial charge in [-0.1, -0.05) is 31.8 Å². The topological polar surface area (TPSA) is 23.5 Å². The number of benzene rings is 1. The van der Waals surface area contributed by atoms with E-state index >= 15 is 0 Å². The summed E-state index contributed by atoms with van der Waals surface area (Å²) < 4.78 is 13.4. The van der Waals surface area contributed by atoms with Crippen molar-refractivity contribution >= 4 is 0 Å². The average Bonchev–Trinajstić information content (AvgIpc) is 2.41. The number of aliphatic hydroxyl groups is 1. The zero-order valence-corrected chi connectivity index (χ0v) is 13.0. The minimum atomic E-state index is -0.258. The van der Waals surface area contributed by atoms with E-state index in [1.165, 1.54) is 25.0 Å². The van der Waals surface area contributed by atoms with Crippen molar-refractivity contribution in [2.24, 2.45) is 5.41 Å². The zero-order valence-electron chi connectivity index (χ0n) is 13.0. The van der Waals surface area contributed by atoms with Crippen LogP contribution in [0.3, 0.4) is 0 Å². The molecule has 0 saturated carbocycles. The van der Waals surface area contributed by atoms with E-state index in [1.54, 1.807) is 0 Å². The molecule has 2 nitrogen and oxygen atoms in total. The number of halogens is 1. The predicted molar refractivity (Wildman–Crippen MR) is 83.3 cm³/mol. The quantitative estimate of drug-likeness (QED) is 0.864. The van der Waals surface area contributed by atoms with E-state index in [2.05, 4.69) is 30.6 Å². The van der Waals surface area contributed by atoms with E-state index in [4.69, 9.17) is 5.11 Å².